The summed E-state index contributed by atoms with van der Waals surface area (Å²) in [5, 5.41) is 0.480. The number of hydrogen-bond donors (Lipinski definition) is 2. The molecule has 20 heavy (non-hydrogen) atoms. The summed E-state index contributed by atoms with van der Waals surface area (Å²) in [6, 6.07) is 4.70. The van der Waals surface area contributed by atoms with Gasteiger partial charge in [-0.05, 0) is 31.0 Å². The van der Waals surface area contributed by atoms with Crippen molar-refractivity contribution in [2.24, 2.45) is 5.92 Å². The zero-order valence-electron chi connectivity index (χ0n) is 11.2. The largest absolute Gasteiger partial charge is 0.496 e. The Morgan fingerprint density at radius 1 is 1.25 bits per heavy atom. The second-order valence-corrected chi connectivity index (χ2v) is 5.21. The van der Waals surface area contributed by atoms with Gasteiger partial charge in [-0.2, -0.15) is 0 Å². The number of amides is 2. The molecule has 1 aliphatic rings. The normalized spacial score (nSPS) is 14.9. The Morgan fingerprint density at radius 2 is 1.95 bits per heavy atom. The number of ether oxygens (including phenoxy) is 1. The molecular weight excluding hydrogens is 280 g/mol. The number of hydrazine groups is 1. The van der Waals surface area contributed by atoms with Gasteiger partial charge < -0.3 is 4.74 Å². The summed E-state index contributed by atoms with van der Waals surface area (Å²) >= 11 is 5.83. The van der Waals surface area contributed by atoms with Crippen LogP contribution in [0.4, 0.5) is 0 Å². The van der Waals surface area contributed by atoms with Crippen molar-refractivity contribution in [3.63, 3.8) is 0 Å². The number of methoxy groups -OCH3 is 1. The number of rotatable bonds is 3. The zero-order valence-corrected chi connectivity index (χ0v) is 12.0. The Hall–Kier alpha value is -1.75. The Morgan fingerprint density at radius 3 is 2.60 bits per heavy atom. The van der Waals surface area contributed by atoms with Gasteiger partial charge in [0.25, 0.3) is 5.91 Å². The van der Waals surface area contributed by atoms with Crippen LogP contribution in [0.5, 0.6) is 5.75 Å². The van der Waals surface area contributed by atoms with Gasteiger partial charge in [-0.15, -0.1) is 0 Å². The third-order valence-corrected chi connectivity index (χ3v) is 3.67. The minimum atomic E-state index is -0.426. The second kappa shape index (κ2) is 6.61. The van der Waals surface area contributed by atoms with Crippen LogP contribution in [0.25, 0.3) is 0 Å². The van der Waals surface area contributed by atoms with Gasteiger partial charge in [-0.25, -0.2) is 0 Å². The van der Waals surface area contributed by atoms with Gasteiger partial charge in [0, 0.05) is 10.9 Å². The summed E-state index contributed by atoms with van der Waals surface area (Å²) in [4.78, 5) is 23.8. The average Bonchev–Trinajstić information content (AvgIpc) is 2.98. The highest BCUT2D eigenvalue weighted by Gasteiger charge is 2.23. The Kier molecular flexibility index (Phi) is 4.84. The predicted octanol–water partition coefficient (Wildman–Crippen LogP) is 2.30. The molecule has 2 rings (SSSR count). The van der Waals surface area contributed by atoms with Gasteiger partial charge in [-0.3, -0.25) is 20.4 Å². The van der Waals surface area contributed by atoms with E-state index >= 15 is 0 Å². The quantitative estimate of drug-likeness (QED) is 0.841. The molecule has 0 aromatic heterocycles. The molecule has 0 aliphatic heterocycles. The molecule has 1 aromatic carbocycles. The fourth-order valence-corrected chi connectivity index (χ4v) is 2.49. The van der Waals surface area contributed by atoms with Crippen molar-refractivity contribution in [2.75, 3.05) is 7.11 Å². The van der Waals surface area contributed by atoms with Crippen molar-refractivity contribution in [1.29, 1.82) is 0 Å². The van der Waals surface area contributed by atoms with Crippen LogP contribution in [0.15, 0.2) is 18.2 Å². The van der Waals surface area contributed by atoms with Crippen LogP contribution < -0.4 is 15.6 Å². The first-order valence-corrected chi connectivity index (χ1v) is 6.93. The molecule has 0 heterocycles. The van der Waals surface area contributed by atoms with Gasteiger partial charge in [0.05, 0.1) is 12.7 Å². The summed E-state index contributed by atoms with van der Waals surface area (Å²) in [7, 11) is 1.46. The average molecular weight is 297 g/mol. The maximum atomic E-state index is 12.0. The first kappa shape index (κ1) is 14.7. The highest BCUT2D eigenvalue weighted by molar-refractivity contribution is 6.30. The highest BCUT2D eigenvalue weighted by Crippen LogP contribution is 2.25. The molecular formula is C14H17ClN2O3. The standard InChI is InChI=1S/C14H17ClN2O3/c1-20-12-8-10(15)6-7-11(12)14(19)17-16-13(18)9-4-2-3-5-9/h6-9H,2-5H2,1H3,(H,16,18)(H,17,19). The predicted molar refractivity (Wildman–Crippen MR) is 75.6 cm³/mol. The Balaban J connectivity index is 1.96. The van der Waals surface area contributed by atoms with E-state index in [4.69, 9.17) is 16.3 Å². The van der Waals surface area contributed by atoms with E-state index in [9.17, 15) is 9.59 Å². The topological polar surface area (TPSA) is 67.4 Å². The molecule has 0 saturated heterocycles. The van der Waals surface area contributed by atoms with Crippen molar-refractivity contribution < 1.29 is 14.3 Å². The molecule has 1 fully saturated rings. The third-order valence-electron chi connectivity index (χ3n) is 3.43. The summed E-state index contributed by atoms with van der Waals surface area (Å²) in [6.07, 6.45) is 3.89. The lowest BCUT2D eigenvalue weighted by molar-refractivity contribution is -0.125. The maximum Gasteiger partial charge on any atom is 0.273 e. The first-order chi connectivity index (χ1) is 9.61. The Labute approximate surface area is 122 Å². The van der Waals surface area contributed by atoms with E-state index in [1.165, 1.54) is 7.11 Å². The molecule has 2 N–H and O–H groups in total. The fraction of sp³-hybridized carbons (Fsp3) is 0.429. The molecule has 5 nitrogen and oxygen atoms in total. The minimum Gasteiger partial charge on any atom is -0.496 e. The van der Waals surface area contributed by atoms with Crippen molar-refractivity contribution in [3.8, 4) is 5.75 Å². The summed E-state index contributed by atoms with van der Waals surface area (Å²) in [5.41, 5.74) is 5.19. The van der Waals surface area contributed by atoms with Gasteiger partial charge in [0.1, 0.15) is 5.75 Å². The fourth-order valence-electron chi connectivity index (χ4n) is 2.33. The first-order valence-electron chi connectivity index (χ1n) is 6.55. The second-order valence-electron chi connectivity index (χ2n) is 4.77. The SMILES string of the molecule is COc1cc(Cl)ccc1C(=O)NNC(=O)C1CCCC1. The van der Waals surface area contributed by atoms with Gasteiger partial charge in [0.15, 0.2) is 0 Å². The molecule has 1 aliphatic carbocycles. The van der Waals surface area contributed by atoms with E-state index in [-0.39, 0.29) is 11.8 Å². The molecule has 108 valence electrons. The highest BCUT2D eigenvalue weighted by atomic mass is 35.5. The van der Waals surface area contributed by atoms with Crippen LogP contribution in [0.2, 0.25) is 5.02 Å². The van der Waals surface area contributed by atoms with Crippen LogP contribution in [0.3, 0.4) is 0 Å². The summed E-state index contributed by atoms with van der Waals surface area (Å²) in [5.74, 6) is -0.193. The molecule has 0 atom stereocenters. The lowest BCUT2D eigenvalue weighted by atomic mass is 10.1. The number of benzene rings is 1. The summed E-state index contributed by atoms with van der Waals surface area (Å²) in [6.45, 7) is 0. The molecule has 0 unspecified atom stereocenters. The lowest BCUT2D eigenvalue weighted by Crippen LogP contribution is -2.44. The molecule has 1 saturated carbocycles. The monoisotopic (exact) mass is 296 g/mol. The number of nitrogens with one attached hydrogen (secondary N) is 2. The number of halogens is 1. The Bertz CT molecular complexity index is 513. The van der Waals surface area contributed by atoms with Crippen molar-refractivity contribution in [1.82, 2.24) is 10.9 Å². The number of carbonyl (C=O) groups excluding carboxylic acids is 2. The van der Waals surface area contributed by atoms with E-state index in [2.05, 4.69) is 10.9 Å². The van der Waals surface area contributed by atoms with Crippen LogP contribution in [-0.4, -0.2) is 18.9 Å². The zero-order chi connectivity index (χ0) is 14.5. The molecule has 2 amide bonds. The minimum absolute atomic E-state index is 0.00223. The van der Waals surface area contributed by atoms with Crippen molar-refractivity contribution in [2.45, 2.75) is 25.7 Å². The molecule has 0 spiro atoms. The van der Waals surface area contributed by atoms with Crippen molar-refractivity contribution >= 4 is 23.4 Å². The lowest BCUT2D eigenvalue weighted by Gasteiger charge is -2.13. The van der Waals surface area contributed by atoms with Crippen molar-refractivity contribution in [3.05, 3.63) is 28.8 Å². The number of carbonyl (C=O) groups is 2. The van der Waals surface area contributed by atoms with E-state index in [0.29, 0.717) is 16.3 Å². The van der Waals surface area contributed by atoms with Crippen LogP contribution in [-0.2, 0) is 4.79 Å². The van der Waals surface area contributed by atoms with Crippen LogP contribution in [0, 0.1) is 5.92 Å². The van der Waals surface area contributed by atoms with E-state index in [1.54, 1.807) is 18.2 Å². The van der Waals surface area contributed by atoms with E-state index in [1.807, 2.05) is 0 Å². The van der Waals surface area contributed by atoms with E-state index in [0.717, 1.165) is 25.7 Å². The molecule has 0 radical (unpaired) electrons. The maximum absolute atomic E-state index is 12.0. The van der Waals surface area contributed by atoms with Crippen LogP contribution in [0.1, 0.15) is 36.0 Å². The van der Waals surface area contributed by atoms with Gasteiger partial charge in [-0.1, -0.05) is 24.4 Å². The molecule has 6 heteroatoms. The van der Waals surface area contributed by atoms with Crippen LogP contribution >= 0.6 is 11.6 Å². The summed E-state index contributed by atoms with van der Waals surface area (Å²) < 4.78 is 5.10. The molecule has 1 aromatic rings. The smallest absolute Gasteiger partial charge is 0.273 e. The molecule has 0 bridgehead atoms. The van der Waals surface area contributed by atoms with Gasteiger partial charge >= 0.3 is 0 Å². The van der Waals surface area contributed by atoms with E-state index < -0.39 is 5.91 Å². The third kappa shape index (κ3) is 3.42. The number of hydrogen-bond acceptors (Lipinski definition) is 3. The van der Waals surface area contributed by atoms with Gasteiger partial charge in [0.2, 0.25) is 5.91 Å².